The Bertz CT molecular complexity index is 1140. The fraction of sp³-hybridized carbons (Fsp3) is 0.208. The molecule has 0 radical (unpaired) electrons. The maximum absolute atomic E-state index is 11.0. The highest BCUT2D eigenvalue weighted by Gasteiger charge is 2.40. The minimum Gasteiger partial charge on any atom is -0.494 e. The molecule has 3 aromatic rings. The van der Waals surface area contributed by atoms with Crippen LogP contribution < -0.4 is 9.47 Å². The van der Waals surface area contributed by atoms with Gasteiger partial charge in [-0.1, -0.05) is 18.2 Å². The maximum atomic E-state index is 11.0. The Hall–Kier alpha value is -3.87. The van der Waals surface area contributed by atoms with Crippen molar-refractivity contribution in [3.8, 4) is 11.5 Å². The molecular formula is C24H21N3O4. The van der Waals surface area contributed by atoms with Crippen LogP contribution in [0.25, 0.3) is 0 Å². The van der Waals surface area contributed by atoms with Crippen molar-refractivity contribution in [2.24, 2.45) is 5.10 Å². The molecule has 2 aliphatic heterocycles. The van der Waals surface area contributed by atoms with E-state index in [0.717, 1.165) is 40.3 Å². The third-order valence-electron chi connectivity index (χ3n) is 5.59. The number of ether oxygens (including phenoxy) is 2. The minimum atomic E-state index is -0.457. The molecule has 5 rings (SSSR count). The first-order chi connectivity index (χ1) is 15.1. The Morgan fingerprint density at radius 1 is 1.10 bits per heavy atom. The Morgan fingerprint density at radius 3 is 2.55 bits per heavy atom. The number of nitro benzene ring substituents is 1. The summed E-state index contributed by atoms with van der Waals surface area (Å²) in [6.07, 6.45) is 0.290. The van der Waals surface area contributed by atoms with E-state index in [2.05, 4.69) is 6.07 Å². The van der Waals surface area contributed by atoms with E-state index in [1.807, 2.05) is 54.4 Å². The van der Waals surface area contributed by atoms with E-state index in [1.165, 1.54) is 12.1 Å². The summed E-state index contributed by atoms with van der Waals surface area (Å²) in [4.78, 5) is 10.6. The van der Waals surface area contributed by atoms with Gasteiger partial charge in [-0.25, -0.2) is 5.01 Å². The molecule has 0 fully saturated rings. The van der Waals surface area contributed by atoms with Crippen molar-refractivity contribution in [3.63, 3.8) is 0 Å². The lowest BCUT2D eigenvalue weighted by Gasteiger charge is -2.38. The van der Waals surface area contributed by atoms with Crippen LogP contribution >= 0.6 is 0 Å². The number of hydrazone groups is 1. The van der Waals surface area contributed by atoms with E-state index >= 15 is 0 Å². The van der Waals surface area contributed by atoms with E-state index in [9.17, 15) is 10.1 Å². The fourth-order valence-electron chi connectivity index (χ4n) is 4.10. The molecule has 31 heavy (non-hydrogen) atoms. The van der Waals surface area contributed by atoms with E-state index < -0.39 is 11.2 Å². The molecular weight excluding hydrogens is 394 g/mol. The van der Waals surface area contributed by atoms with Crippen LogP contribution in [-0.2, 0) is 0 Å². The van der Waals surface area contributed by atoms with Gasteiger partial charge in [0.2, 0.25) is 6.23 Å². The van der Waals surface area contributed by atoms with Gasteiger partial charge >= 0.3 is 0 Å². The van der Waals surface area contributed by atoms with Gasteiger partial charge in [-0.15, -0.1) is 0 Å². The number of rotatable bonds is 5. The Balaban J connectivity index is 1.51. The lowest BCUT2D eigenvalue weighted by Crippen LogP contribution is -2.33. The van der Waals surface area contributed by atoms with Gasteiger partial charge in [0, 0.05) is 29.7 Å². The number of fused-ring (bicyclic) bond motifs is 3. The molecule has 0 saturated carbocycles. The van der Waals surface area contributed by atoms with Crippen molar-refractivity contribution in [1.29, 1.82) is 0 Å². The van der Waals surface area contributed by atoms with Crippen LogP contribution in [0.5, 0.6) is 11.5 Å². The predicted octanol–water partition coefficient (Wildman–Crippen LogP) is 5.24. The molecule has 0 saturated heterocycles. The van der Waals surface area contributed by atoms with Crippen molar-refractivity contribution in [2.45, 2.75) is 25.6 Å². The molecule has 0 N–H and O–H groups in total. The maximum Gasteiger partial charge on any atom is 0.269 e. The highest BCUT2D eigenvalue weighted by atomic mass is 16.6. The van der Waals surface area contributed by atoms with Gasteiger partial charge < -0.3 is 9.47 Å². The first-order valence-electron chi connectivity index (χ1n) is 10.2. The number of nitro groups is 1. The Kier molecular flexibility index (Phi) is 4.78. The van der Waals surface area contributed by atoms with Crippen molar-refractivity contribution >= 4 is 11.4 Å². The molecule has 0 aromatic heterocycles. The van der Waals surface area contributed by atoms with Crippen molar-refractivity contribution in [2.75, 3.05) is 6.61 Å². The molecule has 2 atom stereocenters. The van der Waals surface area contributed by atoms with Crippen molar-refractivity contribution in [1.82, 2.24) is 5.01 Å². The Labute approximate surface area is 179 Å². The van der Waals surface area contributed by atoms with Gasteiger partial charge in [0.15, 0.2) is 0 Å². The summed E-state index contributed by atoms with van der Waals surface area (Å²) in [5.41, 5.74) is 3.97. The van der Waals surface area contributed by atoms with Crippen LogP contribution in [0.3, 0.4) is 0 Å². The summed E-state index contributed by atoms with van der Waals surface area (Å²) in [5, 5.41) is 17.9. The molecule has 7 heteroatoms. The topological polar surface area (TPSA) is 77.2 Å². The quantitative estimate of drug-likeness (QED) is 0.421. The number of nitrogens with zero attached hydrogens (tertiary/aromatic N) is 3. The molecule has 0 amide bonds. The van der Waals surface area contributed by atoms with E-state index in [1.54, 1.807) is 12.1 Å². The van der Waals surface area contributed by atoms with Crippen LogP contribution in [0.2, 0.25) is 0 Å². The first kappa shape index (κ1) is 19.1. The van der Waals surface area contributed by atoms with Gasteiger partial charge in [0.25, 0.3) is 5.69 Å². The third kappa shape index (κ3) is 3.48. The largest absolute Gasteiger partial charge is 0.494 e. The first-order valence-corrected chi connectivity index (χ1v) is 10.2. The molecule has 7 nitrogen and oxygen atoms in total. The normalized spacial score (nSPS) is 19.1. The number of hydrogen-bond donors (Lipinski definition) is 0. The average molecular weight is 415 g/mol. The van der Waals surface area contributed by atoms with Gasteiger partial charge in [-0.05, 0) is 55.0 Å². The zero-order valence-corrected chi connectivity index (χ0v) is 17.0. The fourth-order valence-corrected chi connectivity index (χ4v) is 4.10. The van der Waals surface area contributed by atoms with Gasteiger partial charge in [0.1, 0.15) is 11.5 Å². The zero-order valence-electron chi connectivity index (χ0n) is 17.0. The average Bonchev–Trinajstić information content (AvgIpc) is 3.25. The number of benzene rings is 3. The van der Waals surface area contributed by atoms with Crippen molar-refractivity contribution in [3.05, 3.63) is 99.6 Å². The summed E-state index contributed by atoms with van der Waals surface area (Å²) in [7, 11) is 0. The summed E-state index contributed by atoms with van der Waals surface area (Å²) in [6.45, 7) is 2.59. The second kappa shape index (κ2) is 7.75. The van der Waals surface area contributed by atoms with Crippen LogP contribution in [0.15, 0.2) is 77.9 Å². The highest BCUT2D eigenvalue weighted by Crippen LogP contribution is 2.47. The van der Waals surface area contributed by atoms with E-state index in [0.29, 0.717) is 6.61 Å². The summed E-state index contributed by atoms with van der Waals surface area (Å²) in [5.74, 6) is 1.65. The lowest BCUT2D eigenvalue weighted by atomic mass is 9.96. The molecule has 0 unspecified atom stereocenters. The third-order valence-corrected chi connectivity index (χ3v) is 5.59. The molecule has 0 aliphatic carbocycles. The second-order valence-electron chi connectivity index (χ2n) is 7.46. The van der Waals surface area contributed by atoms with Gasteiger partial charge in [-0.3, -0.25) is 10.1 Å². The van der Waals surface area contributed by atoms with Crippen LogP contribution in [-0.4, -0.2) is 22.3 Å². The summed E-state index contributed by atoms with van der Waals surface area (Å²) in [6, 6.07) is 22.4. The molecule has 2 aliphatic rings. The van der Waals surface area contributed by atoms with Crippen LogP contribution in [0.1, 0.15) is 42.3 Å². The molecule has 3 aromatic carbocycles. The van der Waals surface area contributed by atoms with E-state index in [4.69, 9.17) is 14.6 Å². The molecule has 2 heterocycles. The standard InChI is InChI=1S/C24H21N3O4/c1-2-30-19-13-9-16(10-14-19)21-15-22-20-5-3-4-6-23(20)31-24(26(22)25-21)17-7-11-18(12-8-17)27(28)29/h3-14,22,24H,2,15H2,1H3/t22-,24-/m0/s1. The monoisotopic (exact) mass is 415 g/mol. The predicted molar refractivity (Wildman–Crippen MR) is 116 cm³/mol. The summed E-state index contributed by atoms with van der Waals surface area (Å²) >= 11 is 0. The molecule has 0 bridgehead atoms. The lowest BCUT2D eigenvalue weighted by molar-refractivity contribution is -0.384. The number of non-ortho nitro benzene ring substituents is 1. The number of para-hydroxylation sites is 1. The molecule has 156 valence electrons. The van der Waals surface area contributed by atoms with Crippen LogP contribution in [0, 0.1) is 10.1 Å². The summed E-state index contributed by atoms with van der Waals surface area (Å²) < 4.78 is 11.8. The SMILES string of the molecule is CCOc1ccc(C2=NN3[C@@H](C2)c2ccccc2O[C@H]3c2ccc([N+](=O)[O-])cc2)cc1. The number of hydrogen-bond acceptors (Lipinski definition) is 6. The smallest absolute Gasteiger partial charge is 0.269 e. The zero-order chi connectivity index (χ0) is 21.4. The minimum absolute atomic E-state index is 0.0340. The Morgan fingerprint density at radius 2 is 1.84 bits per heavy atom. The van der Waals surface area contributed by atoms with E-state index in [-0.39, 0.29) is 11.7 Å². The second-order valence-corrected chi connectivity index (χ2v) is 7.46. The molecule has 0 spiro atoms. The van der Waals surface area contributed by atoms with Gasteiger partial charge in [0.05, 0.1) is 23.3 Å². The van der Waals surface area contributed by atoms with Crippen LogP contribution in [0.4, 0.5) is 5.69 Å². The van der Waals surface area contributed by atoms with Crippen molar-refractivity contribution < 1.29 is 14.4 Å². The van der Waals surface area contributed by atoms with Gasteiger partial charge in [-0.2, -0.15) is 5.10 Å². The highest BCUT2D eigenvalue weighted by molar-refractivity contribution is 6.02.